The minimum absolute atomic E-state index is 0.191. The SMILES string of the molecule is COc1ccc(/C=C/C(=O)Nc2ccc(Nc3cc(C)nc(N4CCCC4)n3)cc2)cc1. The van der Waals surface area contributed by atoms with Gasteiger partial charge in [-0.2, -0.15) is 4.98 Å². The zero-order valence-corrected chi connectivity index (χ0v) is 18.3. The van der Waals surface area contributed by atoms with Crippen LogP contribution in [0, 0.1) is 6.92 Å². The zero-order valence-electron chi connectivity index (χ0n) is 18.3. The number of rotatable bonds is 7. The standard InChI is InChI=1S/C25H27N5O2/c1-18-17-23(29-25(26-18)30-15-3-4-16-30)27-20-8-10-21(11-9-20)28-24(31)14-7-19-5-12-22(32-2)13-6-19/h5-14,17H,3-4,15-16H2,1-2H3,(H,28,31)(H,26,27,29)/b14-7+. The molecule has 1 aromatic heterocycles. The maximum Gasteiger partial charge on any atom is 0.248 e. The number of nitrogens with zero attached hydrogens (tertiary/aromatic N) is 3. The maximum atomic E-state index is 12.2. The van der Waals surface area contributed by atoms with Crippen LogP contribution in [0.5, 0.6) is 5.75 Å². The molecule has 7 nitrogen and oxygen atoms in total. The molecule has 1 saturated heterocycles. The second-order valence-corrected chi connectivity index (χ2v) is 7.69. The van der Waals surface area contributed by atoms with E-state index in [4.69, 9.17) is 4.74 Å². The molecule has 164 valence electrons. The topological polar surface area (TPSA) is 79.4 Å². The summed E-state index contributed by atoms with van der Waals surface area (Å²) in [6.07, 6.45) is 5.64. The van der Waals surface area contributed by atoms with Gasteiger partial charge in [0, 0.05) is 42.3 Å². The van der Waals surface area contributed by atoms with Crippen LogP contribution in [0.2, 0.25) is 0 Å². The number of carbonyl (C=O) groups is 1. The summed E-state index contributed by atoms with van der Waals surface area (Å²) in [4.78, 5) is 23.7. The fraction of sp³-hybridized carbons (Fsp3) is 0.240. The molecule has 3 aromatic rings. The number of methoxy groups -OCH3 is 1. The molecule has 1 amide bonds. The van der Waals surface area contributed by atoms with Crippen molar-refractivity contribution in [1.29, 1.82) is 0 Å². The minimum Gasteiger partial charge on any atom is -0.497 e. The van der Waals surface area contributed by atoms with Crippen molar-refractivity contribution in [3.8, 4) is 5.75 Å². The van der Waals surface area contributed by atoms with Crippen molar-refractivity contribution < 1.29 is 9.53 Å². The van der Waals surface area contributed by atoms with E-state index in [0.29, 0.717) is 0 Å². The lowest BCUT2D eigenvalue weighted by Crippen LogP contribution is -2.21. The van der Waals surface area contributed by atoms with E-state index in [1.807, 2.05) is 61.5 Å². The van der Waals surface area contributed by atoms with Crippen LogP contribution >= 0.6 is 0 Å². The molecular formula is C25H27N5O2. The summed E-state index contributed by atoms with van der Waals surface area (Å²) in [6.45, 7) is 3.99. The van der Waals surface area contributed by atoms with E-state index in [9.17, 15) is 4.79 Å². The number of amides is 1. The molecule has 2 aromatic carbocycles. The first-order valence-corrected chi connectivity index (χ1v) is 10.7. The lowest BCUT2D eigenvalue weighted by Gasteiger charge is -2.17. The van der Waals surface area contributed by atoms with E-state index in [0.717, 1.165) is 53.2 Å². The highest BCUT2D eigenvalue weighted by molar-refractivity contribution is 6.02. The van der Waals surface area contributed by atoms with Crippen LogP contribution < -0.4 is 20.3 Å². The minimum atomic E-state index is -0.191. The predicted molar refractivity (Wildman–Crippen MR) is 129 cm³/mol. The Hall–Kier alpha value is -3.87. The van der Waals surface area contributed by atoms with Crippen LogP contribution in [0.4, 0.5) is 23.1 Å². The second kappa shape index (κ2) is 9.96. The van der Waals surface area contributed by atoms with Gasteiger partial charge in [0.25, 0.3) is 0 Å². The highest BCUT2D eigenvalue weighted by atomic mass is 16.5. The van der Waals surface area contributed by atoms with E-state index >= 15 is 0 Å². The van der Waals surface area contributed by atoms with Crippen molar-refractivity contribution >= 4 is 35.1 Å². The fourth-order valence-electron chi connectivity index (χ4n) is 3.53. The molecule has 0 radical (unpaired) electrons. The summed E-state index contributed by atoms with van der Waals surface area (Å²) < 4.78 is 5.14. The van der Waals surface area contributed by atoms with Crippen LogP contribution in [-0.2, 0) is 4.79 Å². The first-order valence-electron chi connectivity index (χ1n) is 10.7. The van der Waals surface area contributed by atoms with Crippen LogP contribution in [0.1, 0.15) is 24.1 Å². The predicted octanol–water partition coefficient (Wildman–Crippen LogP) is 4.79. The van der Waals surface area contributed by atoms with Crippen molar-refractivity contribution in [2.75, 3.05) is 35.7 Å². The van der Waals surface area contributed by atoms with Crippen LogP contribution in [0.3, 0.4) is 0 Å². The average molecular weight is 430 g/mol. The Morgan fingerprint density at radius 1 is 1.00 bits per heavy atom. The highest BCUT2D eigenvalue weighted by Gasteiger charge is 2.16. The first kappa shape index (κ1) is 21.4. The summed E-state index contributed by atoms with van der Waals surface area (Å²) in [5.74, 6) is 2.13. The number of hydrogen-bond acceptors (Lipinski definition) is 6. The van der Waals surface area contributed by atoms with Crippen LogP contribution in [0.15, 0.2) is 60.7 Å². The molecule has 7 heteroatoms. The molecule has 0 aliphatic carbocycles. The number of nitrogens with one attached hydrogen (secondary N) is 2. The monoisotopic (exact) mass is 429 g/mol. The lowest BCUT2D eigenvalue weighted by atomic mass is 10.2. The number of carbonyl (C=O) groups excluding carboxylic acids is 1. The maximum absolute atomic E-state index is 12.2. The molecule has 1 aliphatic heterocycles. The average Bonchev–Trinajstić information content (AvgIpc) is 3.34. The Kier molecular flexibility index (Phi) is 6.65. The van der Waals surface area contributed by atoms with Crippen molar-refractivity contribution in [1.82, 2.24) is 9.97 Å². The Labute approximate surface area is 188 Å². The molecule has 0 saturated carbocycles. The molecule has 4 rings (SSSR count). The zero-order chi connectivity index (χ0) is 22.3. The molecule has 0 unspecified atom stereocenters. The molecule has 1 aliphatic rings. The molecule has 2 heterocycles. The van der Waals surface area contributed by atoms with Gasteiger partial charge in [0.15, 0.2) is 0 Å². The van der Waals surface area contributed by atoms with Gasteiger partial charge in [-0.05, 0) is 67.8 Å². The smallest absolute Gasteiger partial charge is 0.248 e. The third-order valence-electron chi connectivity index (χ3n) is 5.20. The third-order valence-corrected chi connectivity index (χ3v) is 5.20. The van der Waals surface area contributed by atoms with E-state index in [-0.39, 0.29) is 5.91 Å². The number of aryl methyl sites for hydroxylation is 1. The van der Waals surface area contributed by atoms with Gasteiger partial charge in [-0.25, -0.2) is 4.98 Å². The largest absolute Gasteiger partial charge is 0.497 e. The van der Waals surface area contributed by atoms with Gasteiger partial charge in [0.2, 0.25) is 11.9 Å². The number of anilines is 4. The lowest BCUT2D eigenvalue weighted by molar-refractivity contribution is -0.111. The van der Waals surface area contributed by atoms with Crippen molar-refractivity contribution in [3.63, 3.8) is 0 Å². The normalized spacial score (nSPS) is 13.4. The molecular weight excluding hydrogens is 402 g/mol. The Bertz CT molecular complexity index is 1090. The van der Waals surface area contributed by atoms with Crippen molar-refractivity contribution in [3.05, 3.63) is 71.9 Å². The number of aromatic nitrogens is 2. The number of ether oxygens (including phenoxy) is 1. The third kappa shape index (κ3) is 5.63. The van der Waals surface area contributed by atoms with E-state index in [2.05, 4.69) is 25.5 Å². The summed E-state index contributed by atoms with van der Waals surface area (Å²) in [6, 6.07) is 17.0. The quantitative estimate of drug-likeness (QED) is 0.526. The molecule has 1 fully saturated rings. The summed E-state index contributed by atoms with van der Waals surface area (Å²) in [5.41, 5.74) is 3.46. The van der Waals surface area contributed by atoms with Gasteiger partial charge in [0.1, 0.15) is 11.6 Å². The molecule has 0 bridgehead atoms. The van der Waals surface area contributed by atoms with Gasteiger partial charge >= 0.3 is 0 Å². The molecule has 32 heavy (non-hydrogen) atoms. The molecule has 2 N–H and O–H groups in total. The van der Waals surface area contributed by atoms with Gasteiger partial charge < -0.3 is 20.3 Å². The Morgan fingerprint density at radius 2 is 1.69 bits per heavy atom. The fourth-order valence-corrected chi connectivity index (χ4v) is 3.53. The van der Waals surface area contributed by atoms with E-state index in [1.54, 1.807) is 13.2 Å². The van der Waals surface area contributed by atoms with E-state index < -0.39 is 0 Å². The number of hydrogen-bond donors (Lipinski definition) is 2. The number of benzene rings is 2. The van der Waals surface area contributed by atoms with Crippen LogP contribution in [0.25, 0.3) is 6.08 Å². The highest BCUT2D eigenvalue weighted by Crippen LogP contribution is 2.22. The second-order valence-electron chi connectivity index (χ2n) is 7.69. The molecule has 0 atom stereocenters. The first-order chi connectivity index (χ1) is 15.6. The van der Waals surface area contributed by atoms with Crippen LogP contribution in [-0.4, -0.2) is 36.1 Å². The van der Waals surface area contributed by atoms with Gasteiger partial charge in [-0.3, -0.25) is 4.79 Å². The van der Waals surface area contributed by atoms with Gasteiger partial charge in [0.05, 0.1) is 7.11 Å². The molecule has 0 spiro atoms. The van der Waals surface area contributed by atoms with Crippen molar-refractivity contribution in [2.24, 2.45) is 0 Å². The summed E-state index contributed by atoms with van der Waals surface area (Å²) in [7, 11) is 1.62. The van der Waals surface area contributed by atoms with E-state index in [1.165, 1.54) is 18.9 Å². The Balaban J connectivity index is 1.35. The summed E-state index contributed by atoms with van der Waals surface area (Å²) >= 11 is 0. The Morgan fingerprint density at radius 3 is 2.38 bits per heavy atom. The summed E-state index contributed by atoms with van der Waals surface area (Å²) in [5, 5.41) is 6.20. The van der Waals surface area contributed by atoms with Gasteiger partial charge in [-0.1, -0.05) is 12.1 Å². The van der Waals surface area contributed by atoms with Crippen molar-refractivity contribution in [2.45, 2.75) is 19.8 Å². The van der Waals surface area contributed by atoms with Gasteiger partial charge in [-0.15, -0.1) is 0 Å².